The Hall–Kier alpha value is -2.57. The third-order valence-electron chi connectivity index (χ3n) is 3.14. The lowest BCUT2D eigenvalue weighted by molar-refractivity contribution is -0.137. The summed E-state index contributed by atoms with van der Waals surface area (Å²) in [5.74, 6) is -0.723. The Balaban J connectivity index is 1.74. The fourth-order valence-electron chi connectivity index (χ4n) is 1.94. The van der Waals surface area contributed by atoms with Gasteiger partial charge in [0, 0.05) is 12.1 Å². The third kappa shape index (κ3) is 5.26. The highest BCUT2D eigenvalue weighted by atomic mass is 19.4. The standard InChI is InChI=1S/C17H15F4NO2/c18-14-4-1-2-5-15(14)24-11-3-6-16(23)22-13-9-7-12(8-10-13)17(19,20)21/h1-2,4-5,7-10H,3,6,11H2,(H,22,23). The fraction of sp³-hybridized carbons (Fsp3) is 0.235. The molecule has 0 atom stereocenters. The molecule has 1 amide bonds. The monoisotopic (exact) mass is 341 g/mol. The van der Waals surface area contributed by atoms with Crippen molar-refractivity contribution < 1.29 is 27.1 Å². The summed E-state index contributed by atoms with van der Waals surface area (Å²) in [6, 6.07) is 10.1. The number of hydrogen-bond acceptors (Lipinski definition) is 2. The molecule has 0 saturated heterocycles. The van der Waals surface area contributed by atoms with Crippen LogP contribution in [0.25, 0.3) is 0 Å². The topological polar surface area (TPSA) is 38.3 Å². The van der Waals surface area contributed by atoms with Gasteiger partial charge in [0.15, 0.2) is 11.6 Å². The van der Waals surface area contributed by atoms with Gasteiger partial charge < -0.3 is 10.1 Å². The first kappa shape index (κ1) is 17.8. The molecule has 0 fully saturated rings. The molecule has 2 aromatic rings. The number of amides is 1. The molecule has 0 bridgehead atoms. The van der Waals surface area contributed by atoms with Crippen molar-refractivity contribution in [2.24, 2.45) is 0 Å². The summed E-state index contributed by atoms with van der Waals surface area (Å²) in [5, 5.41) is 2.49. The molecule has 2 aromatic carbocycles. The van der Waals surface area contributed by atoms with E-state index in [1.54, 1.807) is 12.1 Å². The lowest BCUT2D eigenvalue weighted by Gasteiger charge is -2.09. The van der Waals surface area contributed by atoms with Crippen LogP contribution in [0.3, 0.4) is 0 Å². The molecule has 3 nitrogen and oxygen atoms in total. The van der Waals surface area contributed by atoms with Crippen LogP contribution >= 0.6 is 0 Å². The highest BCUT2D eigenvalue weighted by molar-refractivity contribution is 5.90. The summed E-state index contributed by atoms with van der Waals surface area (Å²) in [5.41, 5.74) is -0.498. The van der Waals surface area contributed by atoms with Gasteiger partial charge in [-0.15, -0.1) is 0 Å². The van der Waals surface area contributed by atoms with E-state index in [1.807, 2.05) is 0 Å². The summed E-state index contributed by atoms with van der Waals surface area (Å²) in [6.07, 6.45) is -3.96. The van der Waals surface area contributed by atoms with Crippen LogP contribution in [0.4, 0.5) is 23.2 Å². The highest BCUT2D eigenvalue weighted by Crippen LogP contribution is 2.29. The van der Waals surface area contributed by atoms with Crippen LogP contribution in [-0.4, -0.2) is 12.5 Å². The molecule has 0 aliphatic rings. The quantitative estimate of drug-likeness (QED) is 0.614. The molecule has 1 N–H and O–H groups in total. The fourth-order valence-corrected chi connectivity index (χ4v) is 1.94. The van der Waals surface area contributed by atoms with Gasteiger partial charge in [0.05, 0.1) is 12.2 Å². The van der Waals surface area contributed by atoms with Gasteiger partial charge in [-0.2, -0.15) is 13.2 Å². The minimum absolute atomic E-state index is 0.107. The van der Waals surface area contributed by atoms with Crippen molar-refractivity contribution in [3.63, 3.8) is 0 Å². The van der Waals surface area contributed by atoms with Gasteiger partial charge >= 0.3 is 6.18 Å². The van der Waals surface area contributed by atoms with Crippen molar-refractivity contribution >= 4 is 11.6 Å². The maximum absolute atomic E-state index is 13.3. The van der Waals surface area contributed by atoms with Crippen molar-refractivity contribution in [2.75, 3.05) is 11.9 Å². The second kappa shape index (κ2) is 7.81. The maximum atomic E-state index is 13.3. The molecule has 24 heavy (non-hydrogen) atoms. The molecule has 0 unspecified atom stereocenters. The molecule has 0 heterocycles. The number of alkyl halides is 3. The Morgan fingerprint density at radius 3 is 2.33 bits per heavy atom. The lowest BCUT2D eigenvalue weighted by Crippen LogP contribution is -2.13. The number of nitrogens with one attached hydrogen (secondary N) is 1. The van der Waals surface area contributed by atoms with E-state index in [1.165, 1.54) is 24.3 Å². The van der Waals surface area contributed by atoms with Gasteiger partial charge in [0.2, 0.25) is 5.91 Å². The summed E-state index contributed by atoms with van der Waals surface area (Å²) in [4.78, 5) is 11.7. The molecule has 7 heteroatoms. The normalized spacial score (nSPS) is 11.2. The first-order valence-electron chi connectivity index (χ1n) is 7.21. The van der Waals surface area contributed by atoms with Crippen LogP contribution in [0, 0.1) is 5.82 Å². The first-order valence-corrected chi connectivity index (χ1v) is 7.21. The molecule has 0 aromatic heterocycles. The number of para-hydroxylation sites is 1. The Morgan fingerprint density at radius 2 is 1.71 bits per heavy atom. The molecular weight excluding hydrogens is 326 g/mol. The first-order chi connectivity index (χ1) is 11.4. The number of rotatable bonds is 6. The number of carbonyl (C=O) groups is 1. The summed E-state index contributed by atoms with van der Waals surface area (Å²) < 4.78 is 55.8. The largest absolute Gasteiger partial charge is 0.491 e. The third-order valence-corrected chi connectivity index (χ3v) is 3.14. The zero-order chi connectivity index (χ0) is 17.6. The van der Waals surface area contributed by atoms with Crippen LogP contribution in [0.5, 0.6) is 5.75 Å². The summed E-state index contributed by atoms with van der Waals surface area (Å²) >= 11 is 0. The number of hydrogen-bond donors (Lipinski definition) is 1. The Labute approximate surface area is 136 Å². The number of carbonyl (C=O) groups excluding carboxylic acids is 1. The zero-order valence-corrected chi connectivity index (χ0v) is 12.6. The van der Waals surface area contributed by atoms with E-state index in [0.717, 1.165) is 12.1 Å². The summed E-state index contributed by atoms with van der Waals surface area (Å²) in [6.45, 7) is 0.154. The van der Waals surface area contributed by atoms with E-state index in [0.29, 0.717) is 6.42 Å². The van der Waals surface area contributed by atoms with Crippen molar-refractivity contribution in [3.8, 4) is 5.75 Å². The molecule has 0 aliphatic carbocycles. The van der Waals surface area contributed by atoms with Crippen LogP contribution in [0.1, 0.15) is 18.4 Å². The SMILES string of the molecule is O=C(CCCOc1ccccc1F)Nc1ccc(C(F)(F)F)cc1. The minimum atomic E-state index is -4.41. The van der Waals surface area contributed by atoms with Crippen LogP contribution in [0.2, 0.25) is 0 Å². The van der Waals surface area contributed by atoms with Crippen molar-refractivity contribution in [2.45, 2.75) is 19.0 Å². The number of anilines is 1. The molecule has 0 spiro atoms. The predicted octanol–water partition coefficient (Wildman–Crippen LogP) is 4.64. The Morgan fingerprint density at radius 1 is 1.04 bits per heavy atom. The molecule has 0 saturated carbocycles. The Kier molecular flexibility index (Phi) is 5.78. The van der Waals surface area contributed by atoms with E-state index in [-0.39, 0.29) is 30.4 Å². The maximum Gasteiger partial charge on any atom is 0.416 e. The van der Waals surface area contributed by atoms with Crippen LogP contribution < -0.4 is 10.1 Å². The van der Waals surface area contributed by atoms with E-state index in [9.17, 15) is 22.4 Å². The summed E-state index contributed by atoms with van der Waals surface area (Å²) in [7, 11) is 0. The lowest BCUT2D eigenvalue weighted by atomic mass is 10.2. The zero-order valence-electron chi connectivity index (χ0n) is 12.6. The van der Waals surface area contributed by atoms with Crippen molar-refractivity contribution in [1.82, 2.24) is 0 Å². The van der Waals surface area contributed by atoms with Gasteiger partial charge in [-0.3, -0.25) is 4.79 Å². The van der Waals surface area contributed by atoms with Gasteiger partial charge in [0.1, 0.15) is 0 Å². The molecular formula is C17H15F4NO2. The number of ether oxygens (including phenoxy) is 1. The average Bonchev–Trinajstić information content (AvgIpc) is 2.53. The molecule has 128 valence electrons. The van der Waals surface area contributed by atoms with E-state index >= 15 is 0 Å². The van der Waals surface area contributed by atoms with E-state index in [2.05, 4.69) is 5.32 Å². The van der Waals surface area contributed by atoms with Crippen LogP contribution in [0.15, 0.2) is 48.5 Å². The predicted molar refractivity (Wildman–Crippen MR) is 81.2 cm³/mol. The smallest absolute Gasteiger partial charge is 0.416 e. The van der Waals surface area contributed by atoms with Crippen molar-refractivity contribution in [3.05, 3.63) is 59.9 Å². The average molecular weight is 341 g/mol. The minimum Gasteiger partial charge on any atom is -0.491 e. The van der Waals surface area contributed by atoms with Gasteiger partial charge in [-0.05, 0) is 42.8 Å². The highest BCUT2D eigenvalue weighted by Gasteiger charge is 2.29. The number of halogens is 4. The van der Waals surface area contributed by atoms with E-state index in [4.69, 9.17) is 4.74 Å². The second-order valence-corrected chi connectivity index (χ2v) is 5.01. The van der Waals surface area contributed by atoms with Gasteiger partial charge in [-0.1, -0.05) is 12.1 Å². The molecule has 0 aliphatic heterocycles. The van der Waals surface area contributed by atoms with Crippen molar-refractivity contribution in [1.29, 1.82) is 0 Å². The number of benzene rings is 2. The van der Waals surface area contributed by atoms with Gasteiger partial charge in [-0.25, -0.2) is 4.39 Å². The Bertz CT molecular complexity index is 684. The van der Waals surface area contributed by atoms with Crippen LogP contribution in [-0.2, 0) is 11.0 Å². The van der Waals surface area contributed by atoms with Gasteiger partial charge in [0.25, 0.3) is 0 Å². The molecule has 0 radical (unpaired) electrons. The van der Waals surface area contributed by atoms with E-state index < -0.39 is 17.6 Å². The molecule has 2 rings (SSSR count). The second-order valence-electron chi connectivity index (χ2n) is 5.01.